The van der Waals surface area contributed by atoms with Gasteiger partial charge in [0, 0.05) is 18.7 Å². The molecule has 1 saturated carbocycles. The second-order valence-corrected chi connectivity index (χ2v) is 4.47. The molecule has 1 aliphatic carbocycles. The summed E-state index contributed by atoms with van der Waals surface area (Å²) in [6.07, 6.45) is 6.31. The van der Waals surface area contributed by atoms with Gasteiger partial charge in [0.05, 0.1) is 12.5 Å². The minimum atomic E-state index is 0.278. The van der Waals surface area contributed by atoms with E-state index in [1.165, 1.54) is 12.8 Å². The van der Waals surface area contributed by atoms with Crippen LogP contribution in [0.15, 0.2) is 0 Å². The molecule has 3 heteroatoms. The fourth-order valence-corrected chi connectivity index (χ4v) is 2.38. The van der Waals surface area contributed by atoms with Gasteiger partial charge in [-0.25, -0.2) is 0 Å². The molecule has 1 rings (SSSR count). The minimum Gasteiger partial charge on any atom is -0.396 e. The average Bonchev–Trinajstić information content (AvgIpc) is 2.29. The summed E-state index contributed by atoms with van der Waals surface area (Å²) in [5.74, 6) is 0.395. The molecule has 0 saturated heterocycles. The third kappa shape index (κ3) is 3.81. The van der Waals surface area contributed by atoms with Crippen LogP contribution in [-0.4, -0.2) is 23.8 Å². The van der Waals surface area contributed by atoms with Crippen LogP contribution in [0.3, 0.4) is 0 Å². The number of nitrogens with one attached hydrogen (secondary N) is 1. The van der Waals surface area contributed by atoms with Gasteiger partial charge in [-0.1, -0.05) is 19.8 Å². The number of hydrogen-bond acceptors (Lipinski definition) is 3. The lowest BCUT2D eigenvalue weighted by molar-refractivity contribution is 0.145. The molecular formula is C12H22N2O. The van der Waals surface area contributed by atoms with Crippen LogP contribution in [0.4, 0.5) is 0 Å². The molecule has 3 nitrogen and oxygen atoms in total. The van der Waals surface area contributed by atoms with Crippen molar-refractivity contribution in [2.75, 3.05) is 6.61 Å². The van der Waals surface area contributed by atoms with Crippen LogP contribution in [0.5, 0.6) is 0 Å². The van der Waals surface area contributed by atoms with Gasteiger partial charge in [0.25, 0.3) is 0 Å². The first-order chi connectivity index (χ1) is 7.31. The summed E-state index contributed by atoms with van der Waals surface area (Å²) in [5.41, 5.74) is 0. The van der Waals surface area contributed by atoms with Gasteiger partial charge >= 0.3 is 0 Å². The third-order valence-corrected chi connectivity index (χ3v) is 3.42. The van der Waals surface area contributed by atoms with Crippen molar-refractivity contribution in [3.05, 3.63) is 0 Å². The molecule has 3 unspecified atom stereocenters. The van der Waals surface area contributed by atoms with Gasteiger partial charge in [-0.15, -0.1) is 0 Å². The number of aliphatic hydroxyl groups is 1. The highest BCUT2D eigenvalue weighted by Gasteiger charge is 2.25. The Hall–Kier alpha value is -0.590. The average molecular weight is 210 g/mol. The Morgan fingerprint density at radius 1 is 1.47 bits per heavy atom. The molecule has 3 atom stereocenters. The molecule has 1 fully saturated rings. The van der Waals surface area contributed by atoms with E-state index in [0.29, 0.717) is 24.4 Å². The molecule has 0 heterocycles. The van der Waals surface area contributed by atoms with Crippen molar-refractivity contribution >= 4 is 0 Å². The van der Waals surface area contributed by atoms with Gasteiger partial charge < -0.3 is 10.4 Å². The maximum Gasteiger partial charge on any atom is 0.0638 e. The molecular weight excluding hydrogens is 188 g/mol. The maximum atomic E-state index is 9.27. The summed E-state index contributed by atoms with van der Waals surface area (Å²) in [5, 5.41) is 21.5. The lowest BCUT2D eigenvalue weighted by Crippen LogP contribution is -2.45. The summed E-state index contributed by atoms with van der Waals surface area (Å²) < 4.78 is 0. The second-order valence-electron chi connectivity index (χ2n) is 4.47. The van der Waals surface area contributed by atoms with E-state index in [0.717, 1.165) is 19.3 Å². The Bertz CT molecular complexity index is 212. The van der Waals surface area contributed by atoms with Gasteiger partial charge in [0.15, 0.2) is 0 Å². The van der Waals surface area contributed by atoms with Crippen molar-refractivity contribution in [2.24, 2.45) is 5.92 Å². The van der Waals surface area contributed by atoms with Crippen LogP contribution in [0.25, 0.3) is 0 Å². The van der Waals surface area contributed by atoms with Crippen LogP contribution < -0.4 is 5.32 Å². The van der Waals surface area contributed by atoms with E-state index in [-0.39, 0.29) is 6.61 Å². The van der Waals surface area contributed by atoms with Crippen LogP contribution in [-0.2, 0) is 0 Å². The highest BCUT2D eigenvalue weighted by atomic mass is 16.3. The zero-order valence-electron chi connectivity index (χ0n) is 9.58. The van der Waals surface area contributed by atoms with Crippen molar-refractivity contribution in [3.8, 4) is 6.07 Å². The number of nitriles is 1. The van der Waals surface area contributed by atoms with E-state index in [1.54, 1.807) is 0 Å². The van der Waals surface area contributed by atoms with Crippen molar-refractivity contribution in [1.82, 2.24) is 5.32 Å². The van der Waals surface area contributed by atoms with Gasteiger partial charge in [-0.3, -0.25) is 0 Å². The standard InChI is InChI=1S/C12H22N2O/c1-2-11(7-8-13)14-12-6-4-3-5-10(12)9-15/h10-12,14-15H,2-7,9H2,1H3. The second kappa shape index (κ2) is 6.81. The van der Waals surface area contributed by atoms with Crippen LogP contribution >= 0.6 is 0 Å². The Morgan fingerprint density at radius 3 is 2.80 bits per heavy atom. The quantitative estimate of drug-likeness (QED) is 0.727. The molecule has 0 spiro atoms. The van der Waals surface area contributed by atoms with Crippen LogP contribution in [0.2, 0.25) is 0 Å². The van der Waals surface area contributed by atoms with E-state index in [2.05, 4.69) is 18.3 Å². The Kier molecular flexibility index (Phi) is 5.67. The molecule has 0 aromatic rings. The summed E-state index contributed by atoms with van der Waals surface area (Å²) in [4.78, 5) is 0. The predicted molar refractivity (Wildman–Crippen MR) is 60.3 cm³/mol. The highest BCUT2D eigenvalue weighted by Crippen LogP contribution is 2.24. The van der Waals surface area contributed by atoms with Gasteiger partial charge in [-0.2, -0.15) is 5.26 Å². The number of aliphatic hydroxyl groups excluding tert-OH is 1. The zero-order chi connectivity index (χ0) is 11.1. The molecule has 0 bridgehead atoms. The summed E-state index contributed by atoms with van der Waals surface area (Å²) in [6.45, 7) is 2.38. The third-order valence-electron chi connectivity index (χ3n) is 3.42. The van der Waals surface area contributed by atoms with Crippen molar-refractivity contribution in [3.63, 3.8) is 0 Å². The van der Waals surface area contributed by atoms with E-state index in [1.807, 2.05) is 0 Å². The fourth-order valence-electron chi connectivity index (χ4n) is 2.38. The fraction of sp³-hybridized carbons (Fsp3) is 0.917. The van der Waals surface area contributed by atoms with E-state index >= 15 is 0 Å². The first-order valence-corrected chi connectivity index (χ1v) is 6.05. The number of rotatable bonds is 5. The van der Waals surface area contributed by atoms with Crippen molar-refractivity contribution < 1.29 is 5.11 Å². The first-order valence-electron chi connectivity index (χ1n) is 6.05. The normalized spacial score (nSPS) is 28.3. The summed E-state index contributed by atoms with van der Waals surface area (Å²) >= 11 is 0. The largest absolute Gasteiger partial charge is 0.396 e. The number of nitrogens with zero attached hydrogens (tertiary/aromatic N) is 1. The smallest absolute Gasteiger partial charge is 0.0638 e. The minimum absolute atomic E-state index is 0.278. The molecule has 0 amide bonds. The molecule has 15 heavy (non-hydrogen) atoms. The molecule has 1 aliphatic rings. The van der Waals surface area contributed by atoms with Crippen molar-refractivity contribution in [1.29, 1.82) is 5.26 Å². The molecule has 2 N–H and O–H groups in total. The van der Waals surface area contributed by atoms with Gasteiger partial charge in [0.2, 0.25) is 0 Å². The predicted octanol–water partition coefficient (Wildman–Crippen LogP) is 1.82. The monoisotopic (exact) mass is 210 g/mol. The SMILES string of the molecule is CCC(CC#N)NC1CCCCC1CO. The van der Waals surface area contributed by atoms with Crippen LogP contribution in [0.1, 0.15) is 45.4 Å². The summed E-state index contributed by atoms with van der Waals surface area (Å²) in [6, 6.07) is 2.93. The summed E-state index contributed by atoms with van der Waals surface area (Å²) in [7, 11) is 0. The molecule has 0 radical (unpaired) electrons. The Balaban J connectivity index is 2.42. The lowest BCUT2D eigenvalue weighted by atomic mass is 9.84. The van der Waals surface area contributed by atoms with Gasteiger partial charge in [-0.05, 0) is 25.2 Å². The maximum absolute atomic E-state index is 9.27. The molecule has 0 aromatic heterocycles. The Labute approximate surface area is 92.5 Å². The Morgan fingerprint density at radius 2 is 2.20 bits per heavy atom. The molecule has 0 aromatic carbocycles. The molecule has 0 aliphatic heterocycles. The van der Waals surface area contributed by atoms with Gasteiger partial charge in [0.1, 0.15) is 0 Å². The first kappa shape index (κ1) is 12.5. The molecule has 86 valence electrons. The van der Waals surface area contributed by atoms with E-state index in [9.17, 15) is 5.11 Å². The van der Waals surface area contributed by atoms with Crippen LogP contribution in [0, 0.1) is 17.2 Å². The topological polar surface area (TPSA) is 56.0 Å². The van der Waals surface area contributed by atoms with E-state index in [4.69, 9.17) is 5.26 Å². The van der Waals surface area contributed by atoms with E-state index < -0.39 is 0 Å². The lowest BCUT2D eigenvalue weighted by Gasteiger charge is -2.33. The highest BCUT2D eigenvalue weighted by molar-refractivity contribution is 4.87. The number of hydrogen-bond donors (Lipinski definition) is 2. The van der Waals surface area contributed by atoms with Crippen molar-refractivity contribution in [2.45, 2.75) is 57.5 Å². The zero-order valence-corrected chi connectivity index (χ0v) is 9.58.